The summed E-state index contributed by atoms with van der Waals surface area (Å²) in [5, 5.41) is 0.757. The van der Waals surface area contributed by atoms with Crippen LogP contribution in [0.3, 0.4) is 0 Å². The lowest BCUT2D eigenvalue weighted by molar-refractivity contribution is 0.410. The van der Waals surface area contributed by atoms with Crippen molar-refractivity contribution < 1.29 is 4.74 Å². The molecule has 3 heteroatoms. The van der Waals surface area contributed by atoms with Gasteiger partial charge in [-0.05, 0) is 54.3 Å². The van der Waals surface area contributed by atoms with Gasteiger partial charge in [0, 0.05) is 10.9 Å². The highest BCUT2D eigenvalue weighted by Gasteiger charge is 2.12. The van der Waals surface area contributed by atoms with E-state index in [9.17, 15) is 0 Å². The van der Waals surface area contributed by atoms with E-state index in [0.717, 1.165) is 23.6 Å². The minimum atomic E-state index is 0.306. The molecule has 112 valence electrons. The smallest absolute Gasteiger partial charge is 0.122 e. The van der Waals surface area contributed by atoms with Crippen LogP contribution in [-0.4, -0.2) is 13.7 Å². The van der Waals surface area contributed by atoms with Crippen LogP contribution in [0, 0.1) is 0 Å². The van der Waals surface area contributed by atoms with Crippen molar-refractivity contribution >= 4 is 11.6 Å². The summed E-state index contributed by atoms with van der Waals surface area (Å²) in [5.74, 6) is 1.26. The number of methoxy groups -OCH3 is 1. The Morgan fingerprint density at radius 2 is 1.86 bits per heavy atom. The molecular formula is C18H22ClNO. The topological polar surface area (TPSA) is 35.2 Å². The van der Waals surface area contributed by atoms with Gasteiger partial charge in [0.15, 0.2) is 0 Å². The molecule has 0 fully saturated rings. The molecule has 2 aromatic carbocycles. The molecule has 0 spiro atoms. The second-order valence-corrected chi connectivity index (χ2v) is 5.62. The molecule has 0 radical (unpaired) electrons. The lowest BCUT2D eigenvalue weighted by atomic mass is 9.91. The standard InChI is InChI=1S/C18H22ClNO/c1-3-14-10-13(4-9-18(14)21-2)11-16(12-20)15-5-7-17(19)8-6-15/h4-10,16H,3,11-12,20H2,1-2H3. The fraction of sp³-hybridized carbons (Fsp3) is 0.333. The largest absolute Gasteiger partial charge is 0.496 e. The Balaban J connectivity index is 2.20. The number of ether oxygens (including phenoxy) is 1. The van der Waals surface area contributed by atoms with E-state index in [1.807, 2.05) is 18.2 Å². The number of rotatable bonds is 6. The van der Waals surface area contributed by atoms with Crippen LogP contribution >= 0.6 is 11.6 Å². The van der Waals surface area contributed by atoms with Gasteiger partial charge in [-0.3, -0.25) is 0 Å². The zero-order chi connectivity index (χ0) is 15.2. The average molecular weight is 304 g/mol. The predicted octanol–water partition coefficient (Wildman–Crippen LogP) is 4.20. The van der Waals surface area contributed by atoms with Crippen LogP contribution < -0.4 is 10.5 Å². The van der Waals surface area contributed by atoms with Gasteiger partial charge in [-0.1, -0.05) is 42.8 Å². The molecule has 2 rings (SSSR count). The molecule has 0 saturated carbocycles. The summed E-state index contributed by atoms with van der Waals surface area (Å²) in [6.07, 6.45) is 1.89. The van der Waals surface area contributed by atoms with E-state index < -0.39 is 0 Å². The molecule has 0 aliphatic carbocycles. The van der Waals surface area contributed by atoms with Crippen molar-refractivity contribution in [2.24, 2.45) is 5.73 Å². The second kappa shape index (κ2) is 7.48. The van der Waals surface area contributed by atoms with Gasteiger partial charge in [-0.25, -0.2) is 0 Å². The maximum absolute atomic E-state index is 5.96. The molecule has 21 heavy (non-hydrogen) atoms. The van der Waals surface area contributed by atoms with Crippen molar-refractivity contribution in [1.29, 1.82) is 0 Å². The van der Waals surface area contributed by atoms with Crippen LogP contribution in [-0.2, 0) is 12.8 Å². The van der Waals surface area contributed by atoms with Crippen LogP contribution in [0.1, 0.15) is 29.5 Å². The third-order valence-corrected chi connectivity index (χ3v) is 4.09. The highest BCUT2D eigenvalue weighted by atomic mass is 35.5. The first-order valence-corrected chi connectivity index (χ1v) is 7.67. The number of hydrogen-bond donors (Lipinski definition) is 1. The summed E-state index contributed by atoms with van der Waals surface area (Å²) in [4.78, 5) is 0. The van der Waals surface area contributed by atoms with Gasteiger partial charge in [-0.2, -0.15) is 0 Å². The molecule has 0 aliphatic rings. The van der Waals surface area contributed by atoms with Crippen molar-refractivity contribution in [3.8, 4) is 5.75 Å². The van der Waals surface area contributed by atoms with E-state index in [4.69, 9.17) is 22.1 Å². The molecule has 1 atom stereocenters. The summed E-state index contributed by atoms with van der Waals surface area (Å²) >= 11 is 5.95. The molecule has 2 N–H and O–H groups in total. The van der Waals surface area contributed by atoms with Gasteiger partial charge in [0.25, 0.3) is 0 Å². The first-order chi connectivity index (χ1) is 10.2. The Bertz CT molecular complexity index is 580. The number of halogens is 1. The minimum absolute atomic E-state index is 0.306. The molecule has 1 unspecified atom stereocenters. The number of benzene rings is 2. The molecule has 0 aliphatic heterocycles. The van der Waals surface area contributed by atoms with Crippen LogP contribution in [0.5, 0.6) is 5.75 Å². The molecule has 0 saturated heterocycles. The Labute approximate surface area is 131 Å². The maximum atomic E-state index is 5.96. The average Bonchev–Trinajstić information content (AvgIpc) is 2.53. The molecule has 0 amide bonds. The normalized spacial score (nSPS) is 12.2. The van der Waals surface area contributed by atoms with Crippen LogP contribution in [0.25, 0.3) is 0 Å². The van der Waals surface area contributed by atoms with Gasteiger partial charge in [-0.15, -0.1) is 0 Å². The third-order valence-electron chi connectivity index (χ3n) is 3.83. The van der Waals surface area contributed by atoms with Crippen LogP contribution in [0.15, 0.2) is 42.5 Å². The lowest BCUT2D eigenvalue weighted by Gasteiger charge is -2.17. The monoisotopic (exact) mass is 303 g/mol. The van der Waals surface area contributed by atoms with E-state index in [0.29, 0.717) is 12.5 Å². The summed E-state index contributed by atoms with van der Waals surface area (Å²) in [5.41, 5.74) is 9.72. The van der Waals surface area contributed by atoms with Crippen molar-refractivity contribution in [2.45, 2.75) is 25.7 Å². The van der Waals surface area contributed by atoms with Crippen molar-refractivity contribution in [3.63, 3.8) is 0 Å². The summed E-state index contributed by atoms with van der Waals surface area (Å²) < 4.78 is 5.38. The van der Waals surface area contributed by atoms with Gasteiger partial charge in [0.1, 0.15) is 5.75 Å². The molecule has 2 nitrogen and oxygen atoms in total. The van der Waals surface area contributed by atoms with Gasteiger partial charge in [0.2, 0.25) is 0 Å². The zero-order valence-electron chi connectivity index (χ0n) is 12.6. The Morgan fingerprint density at radius 1 is 1.14 bits per heavy atom. The lowest BCUT2D eigenvalue weighted by Crippen LogP contribution is -2.15. The van der Waals surface area contributed by atoms with Crippen molar-refractivity contribution in [3.05, 3.63) is 64.2 Å². The fourth-order valence-electron chi connectivity index (χ4n) is 2.59. The Kier molecular flexibility index (Phi) is 5.66. The zero-order valence-corrected chi connectivity index (χ0v) is 13.4. The quantitative estimate of drug-likeness (QED) is 0.868. The van der Waals surface area contributed by atoms with Crippen LogP contribution in [0.4, 0.5) is 0 Å². The van der Waals surface area contributed by atoms with Gasteiger partial charge < -0.3 is 10.5 Å². The SMILES string of the molecule is CCc1cc(CC(CN)c2ccc(Cl)cc2)ccc1OC. The summed E-state index contributed by atoms with van der Waals surface area (Å²) in [7, 11) is 1.71. The summed E-state index contributed by atoms with van der Waals surface area (Å²) in [6, 6.07) is 14.3. The van der Waals surface area contributed by atoms with E-state index in [2.05, 4.69) is 31.2 Å². The van der Waals surface area contributed by atoms with E-state index in [1.165, 1.54) is 16.7 Å². The van der Waals surface area contributed by atoms with Crippen LogP contribution in [0.2, 0.25) is 5.02 Å². The second-order valence-electron chi connectivity index (χ2n) is 5.19. The van der Waals surface area contributed by atoms with Gasteiger partial charge in [0.05, 0.1) is 7.11 Å². The Morgan fingerprint density at radius 3 is 2.43 bits per heavy atom. The molecule has 0 heterocycles. The molecule has 2 aromatic rings. The van der Waals surface area contributed by atoms with E-state index in [1.54, 1.807) is 7.11 Å². The Hall–Kier alpha value is -1.51. The van der Waals surface area contributed by atoms with E-state index in [-0.39, 0.29) is 0 Å². The first-order valence-electron chi connectivity index (χ1n) is 7.29. The number of hydrogen-bond acceptors (Lipinski definition) is 2. The minimum Gasteiger partial charge on any atom is -0.496 e. The first kappa shape index (κ1) is 15.9. The molecule has 0 bridgehead atoms. The number of nitrogens with two attached hydrogens (primary N) is 1. The van der Waals surface area contributed by atoms with Gasteiger partial charge >= 0.3 is 0 Å². The molecule has 0 aromatic heterocycles. The molecular weight excluding hydrogens is 282 g/mol. The van der Waals surface area contributed by atoms with Crippen molar-refractivity contribution in [1.82, 2.24) is 0 Å². The highest BCUT2D eigenvalue weighted by molar-refractivity contribution is 6.30. The summed E-state index contributed by atoms with van der Waals surface area (Å²) in [6.45, 7) is 2.76. The predicted molar refractivity (Wildman–Crippen MR) is 89.3 cm³/mol. The third kappa shape index (κ3) is 3.99. The fourth-order valence-corrected chi connectivity index (χ4v) is 2.72. The highest BCUT2D eigenvalue weighted by Crippen LogP contribution is 2.25. The van der Waals surface area contributed by atoms with Crippen molar-refractivity contribution in [2.75, 3.05) is 13.7 Å². The number of aryl methyl sites for hydroxylation is 1. The maximum Gasteiger partial charge on any atom is 0.122 e. The van der Waals surface area contributed by atoms with E-state index >= 15 is 0 Å².